The van der Waals surface area contributed by atoms with Crippen LogP contribution in [-0.2, 0) is 18.6 Å². The Kier molecular flexibility index (Phi) is 4.88. The average Bonchev–Trinajstić information content (AvgIpc) is 2.96. The number of fused-ring (bicyclic) bond motifs is 1. The minimum Gasteiger partial charge on any atom is -0.410 e. The van der Waals surface area contributed by atoms with E-state index < -0.39 is 25.9 Å². The molecule has 0 aliphatic rings. The van der Waals surface area contributed by atoms with Crippen molar-refractivity contribution in [2.45, 2.75) is 0 Å². The van der Waals surface area contributed by atoms with E-state index in [1.165, 1.54) is 28.4 Å². The van der Waals surface area contributed by atoms with E-state index >= 15 is 0 Å². The molecule has 2 aromatic rings. The standard InChI is InChI=1S/C10H12B2F2N2O5/c1-17-11(18-2)5-7(13)8(14)6(12(19-3)20-4)10-9(5)15-21-16-10/h1-4H3. The third kappa shape index (κ3) is 2.53. The highest BCUT2D eigenvalue weighted by molar-refractivity contribution is 6.67. The van der Waals surface area contributed by atoms with E-state index in [2.05, 4.69) is 14.9 Å². The largest absolute Gasteiger partial charge is 0.499 e. The molecule has 0 aliphatic heterocycles. The van der Waals surface area contributed by atoms with Crippen molar-refractivity contribution in [2.24, 2.45) is 0 Å². The first kappa shape index (κ1) is 15.8. The molecule has 0 unspecified atom stereocenters. The quantitative estimate of drug-likeness (QED) is 0.664. The van der Waals surface area contributed by atoms with Gasteiger partial charge < -0.3 is 18.6 Å². The predicted molar refractivity (Wildman–Crippen MR) is 70.5 cm³/mol. The first-order valence-electron chi connectivity index (χ1n) is 5.84. The van der Waals surface area contributed by atoms with Crippen molar-refractivity contribution >= 4 is 36.2 Å². The van der Waals surface area contributed by atoms with Gasteiger partial charge in [0.25, 0.3) is 0 Å². The molecule has 2 rings (SSSR count). The number of aromatic nitrogens is 2. The highest BCUT2D eigenvalue weighted by atomic mass is 19.2. The van der Waals surface area contributed by atoms with Crippen LogP contribution in [0.15, 0.2) is 4.63 Å². The van der Waals surface area contributed by atoms with Gasteiger partial charge in [-0.3, -0.25) is 0 Å². The zero-order valence-electron chi connectivity index (χ0n) is 11.8. The Hall–Kier alpha value is -1.55. The zero-order chi connectivity index (χ0) is 15.6. The summed E-state index contributed by atoms with van der Waals surface area (Å²) < 4.78 is 53.1. The fourth-order valence-corrected chi connectivity index (χ4v) is 2.08. The summed E-state index contributed by atoms with van der Waals surface area (Å²) in [5, 5.41) is 7.17. The lowest BCUT2D eigenvalue weighted by Crippen LogP contribution is -2.45. The lowest BCUT2D eigenvalue weighted by molar-refractivity contribution is 0.288. The third-order valence-corrected chi connectivity index (χ3v) is 2.99. The van der Waals surface area contributed by atoms with Crippen molar-refractivity contribution < 1.29 is 32.0 Å². The van der Waals surface area contributed by atoms with Gasteiger partial charge in [0, 0.05) is 28.4 Å². The van der Waals surface area contributed by atoms with Gasteiger partial charge >= 0.3 is 14.2 Å². The fourth-order valence-electron chi connectivity index (χ4n) is 2.08. The maximum Gasteiger partial charge on any atom is 0.499 e. The minimum absolute atomic E-state index is 0.0308. The topological polar surface area (TPSA) is 75.8 Å². The second-order valence-electron chi connectivity index (χ2n) is 4.02. The highest BCUT2D eigenvalue weighted by Gasteiger charge is 2.37. The Morgan fingerprint density at radius 1 is 0.762 bits per heavy atom. The van der Waals surface area contributed by atoms with E-state index in [9.17, 15) is 8.78 Å². The van der Waals surface area contributed by atoms with Crippen LogP contribution in [0.2, 0.25) is 0 Å². The molecule has 0 amide bonds. The monoisotopic (exact) mass is 300 g/mol. The van der Waals surface area contributed by atoms with E-state index in [4.69, 9.17) is 18.6 Å². The number of rotatable bonds is 6. The average molecular weight is 300 g/mol. The molecule has 112 valence electrons. The number of nitrogens with zero attached hydrogens (tertiary/aromatic N) is 2. The van der Waals surface area contributed by atoms with Gasteiger partial charge in [-0.15, -0.1) is 0 Å². The van der Waals surface area contributed by atoms with E-state index in [-0.39, 0.29) is 22.0 Å². The van der Waals surface area contributed by atoms with Gasteiger partial charge in [-0.2, -0.15) is 0 Å². The summed E-state index contributed by atoms with van der Waals surface area (Å²) in [4.78, 5) is 0. The van der Waals surface area contributed by atoms with Crippen LogP contribution in [0.25, 0.3) is 11.0 Å². The highest BCUT2D eigenvalue weighted by Crippen LogP contribution is 2.14. The smallest absolute Gasteiger partial charge is 0.410 e. The first-order chi connectivity index (χ1) is 10.1. The van der Waals surface area contributed by atoms with Crippen LogP contribution in [0.5, 0.6) is 0 Å². The number of benzene rings is 1. The summed E-state index contributed by atoms with van der Waals surface area (Å²) >= 11 is 0. The van der Waals surface area contributed by atoms with Crippen molar-refractivity contribution in [3.63, 3.8) is 0 Å². The lowest BCUT2D eigenvalue weighted by Gasteiger charge is -2.14. The Morgan fingerprint density at radius 2 is 1.10 bits per heavy atom. The van der Waals surface area contributed by atoms with Crippen LogP contribution in [0.4, 0.5) is 8.78 Å². The second-order valence-corrected chi connectivity index (χ2v) is 4.02. The van der Waals surface area contributed by atoms with Crippen LogP contribution in [-0.4, -0.2) is 53.0 Å². The zero-order valence-corrected chi connectivity index (χ0v) is 11.8. The fraction of sp³-hybridized carbons (Fsp3) is 0.400. The SMILES string of the molecule is COB(OC)c1c(F)c(F)c(B(OC)OC)c2nonc12. The molecule has 0 N–H and O–H groups in total. The van der Waals surface area contributed by atoms with Crippen LogP contribution < -0.4 is 10.9 Å². The molecule has 0 atom stereocenters. The van der Waals surface area contributed by atoms with Crippen molar-refractivity contribution in [3.05, 3.63) is 11.6 Å². The molecule has 1 aromatic carbocycles. The molecule has 1 heterocycles. The summed E-state index contributed by atoms with van der Waals surface area (Å²) in [6.45, 7) is 0. The molecule has 11 heteroatoms. The van der Waals surface area contributed by atoms with E-state index in [0.717, 1.165) is 0 Å². The normalized spacial score (nSPS) is 11.1. The number of halogens is 2. The maximum atomic E-state index is 14.4. The molecule has 1 aromatic heterocycles. The van der Waals surface area contributed by atoms with Gasteiger partial charge in [0.1, 0.15) is 11.0 Å². The lowest BCUT2D eigenvalue weighted by atomic mass is 9.71. The predicted octanol–water partition coefficient (Wildman–Crippen LogP) is -0.523. The second kappa shape index (κ2) is 6.48. The van der Waals surface area contributed by atoms with Crippen molar-refractivity contribution in [1.82, 2.24) is 10.3 Å². The van der Waals surface area contributed by atoms with Gasteiger partial charge in [-0.25, -0.2) is 13.4 Å². The molecular formula is C10H12B2F2N2O5. The van der Waals surface area contributed by atoms with Gasteiger partial charge in [-0.1, -0.05) is 10.3 Å². The van der Waals surface area contributed by atoms with E-state index in [1.54, 1.807) is 0 Å². The van der Waals surface area contributed by atoms with Crippen LogP contribution in [0.3, 0.4) is 0 Å². The first-order valence-corrected chi connectivity index (χ1v) is 5.84. The van der Waals surface area contributed by atoms with E-state index in [0.29, 0.717) is 0 Å². The van der Waals surface area contributed by atoms with Crippen LogP contribution in [0, 0.1) is 11.6 Å². The molecule has 0 saturated carbocycles. The Morgan fingerprint density at radius 3 is 1.38 bits per heavy atom. The molecule has 0 radical (unpaired) electrons. The molecule has 0 bridgehead atoms. The third-order valence-electron chi connectivity index (χ3n) is 2.99. The molecule has 21 heavy (non-hydrogen) atoms. The molecular weight excluding hydrogens is 288 g/mol. The van der Waals surface area contributed by atoms with Gasteiger partial charge in [-0.05, 0) is 0 Å². The van der Waals surface area contributed by atoms with Gasteiger partial charge in [0.05, 0.1) is 10.9 Å². The van der Waals surface area contributed by atoms with Crippen molar-refractivity contribution in [1.29, 1.82) is 0 Å². The number of hydrogen-bond acceptors (Lipinski definition) is 7. The Labute approximate surface area is 119 Å². The van der Waals surface area contributed by atoms with Crippen LogP contribution >= 0.6 is 0 Å². The van der Waals surface area contributed by atoms with Crippen LogP contribution in [0.1, 0.15) is 0 Å². The summed E-state index contributed by atoms with van der Waals surface area (Å²) in [5.41, 5.74) is -0.555. The molecule has 0 saturated heterocycles. The maximum absolute atomic E-state index is 14.4. The molecule has 0 spiro atoms. The Bertz CT molecular complexity index is 581. The summed E-state index contributed by atoms with van der Waals surface area (Å²) in [5.74, 6) is -2.39. The van der Waals surface area contributed by atoms with E-state index in [1.807, 2.05) is 0 Å². The minimum atomic E-state index is -1.19. The van der Waals surface area contributed by atoms with Crippen molar-refractivity contribution in [2.75, 3.05) is 28.4 Å². The van der Waals surface area contributed by atoms with Gasteiger partial charge in [0.2, 0.25) is 0 Å². The molecule has 0 fully saturated rings. The Balaban J connectivity index is 2.79. The molecule has 7 nitrogen and oxygen atoms in total. The van der Waals surface area contributed by atoms with Crippen molar-refractivity contribution in [3.8, 4) is 0 Å². The summed E-state index contributed by atoms with van der Waals surface area (Å²) in [7, 11) is 2.81. The summed E-state index contributed by atoms with van der Waals surface area (Å²) in [6, 6.07) is 0. The molecule has 0 aliphatic carbocycles. The summed E-state index contributed by atoms with van der Waals surface area (Å²) in [6.07, 6.45) is 0. The van der Waals surface area contributed by atoms with Gasteiger partial charge in [0.15, 0.2) is 11.6 Å². The number of hydrogen-bond donors (Lipinski definition) is 0.